The molecule has 0 aliphatic heterocycles. The lowest BCUT2D eigenvalue weighted by molar-refractivity contribution is -0.171. The van der Waals surface area contributed by atoms with Crippen LogP contribution in [0.2, 0.25) is 0 Å². The second-order valence-electron chi connectivity index (χ2n) is 3.11. The number of nitrogens with zero attached hydrogens (tertiary/aromatic N) is 1. The molecule has 0 aliphatic rings. The quantitative estimate of drug-likeness (QED) is 0.854. The van der Waals surface area contributed by atoms with Crippen LogP contribution in [0.1, 0.15) is 10.4 Å². The Morgan fingerprint density at radius 3 is 2.35 bits per heavy atom. The Bertz CT molecular complexity index is 518. The van der Waals surface area contributed by atoms with Crippen LogP contribution in [0.4, 0.5) is 13.2 Å². The van der Waals surface area contributed by atoms with Gasteiger partial charge in [-0.15, -0.1) is 0 Å². The summed E-state index contributed by atoms with van der Waals surface area (Å²) in [5.41, 5.74) is -1.26. The Kier molecular flexibility index (Phi) is 3.35. The van der Waals surface area contributed by atoms with Crippen molar-refractivity contribution in [3.8, 4) is 0 Å². The molecule has 5 nitrogen and oxygen atoms in total. The molecular weight excluding hydrogens is 243 g/mol. The molecule has 1 heterocycles. The monoisotopic (exact) mass is 249 g/mol. The van der Waals surface area contributed by atoms with Crippen LogP contribution in [0.15, 0.2) is 23.1 Å². The second kappa shape index (κ2) is 4.40. The lowest BCUT2D eigenvalue weighted by Gasteiger charge is -2.07. The van der Waals surface area contributed by atoms with Crippen LogP contribution in [-0.4, -0.2) is 27.6 Å². The van der Waals surface area contributed by atoms with Gasteiger partial charge in [0.1, 0.15) is 0 Å². The number of carboxylic acids is 1. The van der Waals surface area contributed by atoms with Crippen LogP contribution < -0.4 is 5.56 Å². The molecule has 0 radical (unpaired) electrons. The molecule has 1 aromatic rings. The minimum Gasteiger partial charge on any atom is -0.478 e. The molecule has 1 aromatic heterocycles. The second-order valence-corrected chi connectivity index (χ2v) is 3.11. The third kappa shape index (κ3) is 3.16. The highest BCUT2D eigenvalue weighted by Crippen LogP contribution is 2.16. The maximum Gasteiger partial charge on any atom is 0.451 e. The van der Waals surface area contributed by atoms with Crippen molar-refractivity contribution in [1.29, 1.82) is 0 Å². The van der Waals surface area contributed by atoms with Crippen LogP contribution in [0.3, 0.4) is 0 Å². The van der Waals surface area contributed by atoms with Gasteiger partial charge in [-0.25, -0.2) is 4.79 Å². The van der Waals surface area contributed by atoms with Crippen LogP contribution in [0, 0.1) is 0 Å². The number of rotatable bonds is 3. The smallest absolute Gasteiger partial charge is 0.451 e. The highest BCUT2D eigenvalue weighted by molar-refractivity contribution is 5.87. The van der Waals surface area contributed by atoms with Gasteiger partial charge in [-0.05, 0) is 6.07 Å². The molecule has 0 amide bonds. The van der Waals surface area contributed by atoms with Crippen molar-refractivity contribution >= 4 is 11.8 Å². The summed E-state index contributed by atoms with van der Waals surface area (Å²) < 4.78 is 36.2. The first-order chi connectivity index (χ1) is 7.71. The van der Waals surface area contributed by atoms with E-state index in [-0.39, 0.29) is 5.56 Å². The number of ketones is 1. The summed E-state index contributed by atoms with van der Waals surface area (Å²) in [5, 5.41) is 8.57. The van der Waals surface area contributed by atoms with Gasteiger partial charge in [-0.3, -0.25) is 9.59 Å². The zero-order chi connectivity index (χ0) is 13.2. The zero-order valence-electron chi connectivity index (χ0n) is 8.19. The number of aromatic carboxylic acids is 1. The van der Waals surface area contributed by atoms with E-state index in [0.29, 0.717) is 10.8 Å². The SMILES string of the molecule is O=C(O)c1ccc(=O)n(CC(=O)C(F)(F)F)c1. The lowest BCUT2D eigenvalue weighted by atomic mass is 10.3. The van der Waals surface area contributed by atoms with E-state index in [2.05, 4.69) is 0 Å². The number of hydrogen-bond donors (Lipinski definition) is 1. The first kappa shape index (κ1) is 12.9. The highest BCUT2D eigenvalue weighted by Gasteiger charge is 2.38. The van der Waals surface area contributed by atoms with Gasteiger partial charge in [-0.2, -0.15) is 13.2 Å². The molecule has 1 N–H and O–H groups in total. The number of Topliss-reactive ketones (excluding diaryl/α,β-unsaturated/α-hetero) is 1. The maximum atomic E-state index is 11.9. The van der Waals surface area contributed by atoms with Gasteiger partial charge in [-0.1, -0.05) is 0 Å². The van der Waals surface area contributed by atoms with Crippen molar-refractivity contribution in [3.05, 3.63) is 34.2 Å². The lowest BCUT2D eigenvalue weighted by Crippen LogP contribution is -2.32. The van der Waals surface area contributed by atoms with Gasteiger partial charge in [0.05, 0.1) is 12.1 Å². The van der Waals surface area contributed by atoms with Crippen LogP contribution in [-0.2, 0) is 11.3 Å². The topological polar surface area (TPSA) is 76.4 Å². The molecule has 0 atom stereocenters. The van der Waals surface area contributed by atoms with Gasteiger partial charge in [0.15, 0.2) is 0 Å². The van der Waals surface area contributed by atoms with Crippen molar-refractivity contribution in [2.75, 3.05) is 0 Å². The highest BCUT2D eigenvalue weighted by atomic mass is 19.4. The fourth-order valence-electron chi connectivity index (χ4n) is 1.03. The average Bonchev–Trinajstić information content (AvgIpc) is 2.19. The number of carboxylic acid groups (broad SMARTS) is 1. The molecule has 0 spiro atoms. The van der Waals surface area contributed by atoms with Crippen LogP contribution in [0.25, 0.3) is 0 Å². The standard InChI is InChI=1S/C9H6F3NO4/c10-9(11,12)6(14)4-13-3-5(8(16)17)1-2-7(13)15/h1-3H,4H2,(H,16,17). The summed E-state index contributed by atoms with van der Waals surface area (Å²) in [7, 11) is 0. The molecule has 1 rings (SSSR count). The third-order valence-electron chi connectivity index (χ3n) is 1.86. The number of alkyl halides is 3. The van der Waals surface area contributed by atoms with Crippen molar-refractivity contribution in [1.82, 2.24) is 4.57 Å². The van der Waals surface area contributed by atoms with Crippen molar-refractivity contribution in [2.45, 2.75) is 12.7 Å². The van der Waals surface area contributed by atoms with E-state index >= 15 is 0 Å². The Hall–Kier alpha value is -2.12. The zero-order valence-corrected chi connectivity index (χ0v) is 8.19. The molecule has 0 bridgehead atoms. The summed E-state index contributed by atoms with van der Waals surface area (Å²) in [5.74, 6) is -3.53. The summed E-state index contributed by atoms with van der Waals surface area (Å²) in [6.45, 7) is -1.23. The molecule has 92 valence electrons. The largest absolute Gasteiger partial charge is 0.478 e. The molecule has 0 saturated heterocycles. The molecule has 0 fully saturated rings. The fourth-order valence-corrected chi connectivity index (χ4v) is 1.03. The Labute approximate surface area is 92.1 Å². The first-order valence-electron chi connectivity index (χ1n) is 4.25. The van der Waals surface area contributed by atoms with Crippen molar-refractivity contribution < 1.29 is 27.9 Å². The minimum atomic E-state index is -5.06. The van der Waals surface area contributed by atoms with Gasteiger partial charge < -0.3 is 9.67 Å². The van der Waals surface area contributed by atoms with Gasteiger partial charge in [0, 0.05) is 12.3 Å². The number of pyridine rings is 1. The van der Waals surface area contributed by atoms with Gasteiger partial charge in [0.25, 0.3) is 11.3 Å². The molecule has 8 heteroatoms. The molecular formula is C9H6F3NO4. The normalized spacial score (nSPS) is 11.2. The molecule has 17 heavy (non-hydrogen) atoms. The summed E-state index contributed by atoms with van der Waals surface area (Å²) in [6, 6.07) is 1.73. The summed E-state index contributed by atoms with van der Waals surface area (Å²) in [6.07, 6.45) is -4.37. The number of carbonyl (C=O) groups is 2. The molecule has 0 saturated carbocycles. The third-order valence-corrected chi connectivity index (χ3v) is 1.86. The molecule has 0 aliphatic carbocycles. The van der Waals surface area contributed by atoms with Gasteiger partial charge >= 0.3 is 12.1 Å². The van der Waals surface area contributed by atoms with E-state index in [1.165, 1.54) is 0 Å². The maximum absolute atomic E-state index is 11.9. The van der Waals surface area contributed by atoms with Crippen molar-refractivity contribution in [2.24, 2.45) is 0 Å². The van der Waals surface area contributed by atoms with E-state index in [1.807, 2.05) is 0 Å². The van der Waals surface area contributed by atoms with Crippen molar-refractivity contribution in [3.63, 3.8) is 0 Å². The fraction of sp³-hybridized carbons (Fsp3) is 0.222. The Morgan fingerprint density at radius 2 is 1.88 bits per heavy atom. The van der Waals surface area contributed by atoms with E-state index < -0.39 is 30.0 Å². The van der Waals surface area contributed by atoms with Gasteiger partial charge in [0.2, 0.25) is 0 Å². The first-order valence-corrected chi connectivity index (χ1v) is 4.25. The predicted molar refractivity (Wildman–Crippen MR) is 48.7 cm³/mol. The van der Waals surface area contributed by atoms with E-state index in [9.17, 15) is 27.6 Å². The number of aromatic nitrogens is 1. The van der Waals surface area contributed by atoms with Crippen LogP contribution >= 0.6 is 0 Å². The minimum absolute atomic E-state index is 0.375. The van der Waals surface area contributed by atoms with Crippen LogP contribution in [0.5, 0.6) is 0 Å². The summed E-state index contributed by atoms with van der Waals surface area (Å²) in [4.78, 5) is 32.3. The summed E-state index contributed by atoms with van der Waals surface area (Å²) >= 11 is 0. The van der Waals surface area contributed by atoms with E-state index in [1.54, 1.807) is 0 Å². The van der Waals surface area contributed by atoms with E-state index in [4.69, 9.17) is 5.11 Å². The number of carbonyl (C=O) groups excluding carboxylic acids is 1. The Morgan fingerprint density at radius 1 is 1.29 bits per heavy atom. The number of hydrogen-bond acceptors (Lipinski definition) is 3. The Balaban J connectivity index is 3.07. The predicted octanol–water partition coefficient (Wildman–Crippen LogP) is 0.678. The molecule has 0 unspecified atom stereocenters. The van der Waals surface area contributed by atoms with E-state index in [0.717, 1.165) is 12.1 Å². The number of halogens is 3. The average molecular weight is 249 g/mol. The molecule has 0 aromatic carbocycles.